The van der Waals surface area contributed by atoms with E-state index >= 15 is 0 Å². The van der Waals surface area contributed by atoms with Crippen molar-refractivity contribution in [3.8, 4) is 17.2 Å². The number of aryl methyl sites for hydroxylation is 3. The van der Waals surface area contributed by atoms with Crippen molar-refractivity contribution in [1.29, 1.82) is 0 Å². The molecule has 2 aromatic carbocycles. The zero-order chi connectivity index (χ0) is 15.9. The highest BCUT2D eigenvalue weighted by atomic mass is 16.5. The molecule has 22 heavy (non-hydrogen) atoms. The average Bonchev–Trinajstić information content (AvgIpc) is 2.51. The van der Waals surface area contributed by atoms with E-state index in [1.807, 2.05) is 31.2 Å². The lowest BCUT2D eigenvalue weighted by atomic mass is 10.1. The third-order valence-corrected chi connectivity index (χ3v) is 3.61. The topological polar surface area (TPSA) is 27.7 Å². The van der Waals surface area contributed by atoms with Crippen LogP contribution in [0.25, 0.3) is 0 Å². The molecule has 0 N–H and O–H groups in total. The molecule has 0 amide bonds. The second kappa shape index (κ2) is 7.74. The van der Waals surface area contributed by atoms with Gasteiger partial charge in [-0.3, -0.25) is 0 Å². The predicted octanol–water partition coefficient (Wildman–Crippen LogP) is 4.47. The summed E-state index contributed by atoms with van der Waals surface area (Å²) in [4.78, 5) is 0. The Morgan fingerprint density at radius 1 is 0.773 bits per heavy atom. The Balaban J connectivity index is 1.76. The fraction of sp³-hybridized carbons (Fsp3) is 0.368. The van der Waals surface area contributed by atoms with Gasteiger partial charge in [0.05, 0.1) is 20.3 Å². The molecule has 0 saturated carbocycles. The molecular weight excluding hydrogens is 276 g/mol. The van der Waals surface area contributed by atoms with Gasteiger partial charge in [-0.15, -0.1) is 0 Å². The second-order valence-corrected chi connectivity index (χ2v) is 5.45. The zero-order valence-electron chi connectivity index (χ0n) is 13.8. The summed E-state index contributed by atoms with van der Waals surface area (Å²) in [5.74, 6) is 2.46. The maximum absolute atomic E-state index is 5.76. The Morgan fingerprint density at radius 3 is 2.27 bits per heavy atom. The summed E-state index contributed by atoms with van der Waals surface area (Å²) in [5.41, 5.74) is 3.68. The molecule has 0 aliphatic heterocycles. The fourth-order valence-corrected chi connectivity index (χ4v) is 2.13. The van der Waals surface area contributed by atoms with Crippen molar-refractivity contribution in [3.63, 3.8) is 0 Å². The van der Waals surface area contributed by atoms with Gasteiger partial charge in [0.25, 0.3) is 0 Å². The molecule has 0 unspecified atom stereocenters. The zero-order valence-corrected chi connectivity index (χ0v) is 13.8. The summed E-state index contributed by atoms with van der Waals surface area (Å²) < 4.78 is 16.8. The molecule has 2 aromatic rings. The van der Waals surface area contributed by atoms with E-state index in [2.05, 4.69) is 26.0 Å². The van der Waals surface area contributed by atoms with Crippen molar-refractivity contribution in [1.82, 2.24) is 0 Å². The van der Waals surface area contributed by atoms with E-state index < -0.39 is 0 Å². The summed E-state index contributed by atoms with van der Waals surface area (Å²) in [6.45, 7) is 7.46. The number of methoxy groups -OCH3 is 1. The Labute approximate surface area is 132 Å². The molecule has 0 bridgehead atoms. The number of ether oxygens (including phenoxy) is 3. The molecule has 0 fully saturated rings. The highest BCUT2D eigenvalue weighted by Gasteiger charge is 2.04. The van der Waals surface area contributed by atoms with Crippen LogP contribution in [0.3, 0.4) is 0 Å². The minimum atomic E-state index is 0.601. The maximum Gasteiger partial charge on any atom is 0.161 e. The average molecular weight is 300 g/mol. The van der Waals surface area contributed by atoms with E-state index in [0.717, 1.165) is 29.2 Å². The lowest BCUT2D eigenvalue weighted by molar-refractivity contribution is 0.240. The molecule has 2 rings (SSSR count). The Kier molecular flexibility index (Phi) is 5.70. The maximum atomic E-state index is 5.76. The molecular formula is C19H24O3. The molecule has 0 aromatic heterocycles. The van der Waals surface area contributed by atoms with Gasteiger partial charge in [-0.1, -0.05) is 12.1 Å². The number of rotatable bonds is 7. The van der Waals surface area contributed by atoms with Gasteiger partial charge < -0.3 is 14.2 Å². The van der Waals surface area contributed by atoms with Gasteiger partial charge >= 0.3 is 0 Å². The molecule has 0 atom stereocenters. The van der Waals surface area contributed by atoms with Crippen LogP contribution in [0.5, 0.6) is 17.2 Å². The Hall–Kier alpha value is -2.16. The van der Waals surface area contributed by atoms with Crippen LogP contribution in [0.15, 0.2) is 36.4 Å². The molecule has 0 aliphatic carbocycles. The predicted molar refractivity (Wildman–Crippen MR) is 89.3 cm³/mol. The van der Waals surface area contributed by atoms with E-state index in [1.165, 1.54) is 11.1 Å². The van der Waals surface area contributed by atoms with E-state index in [9.17, 15) is 0 Å². The van der Waals surface area contributed by atoms with Gasteiger partial charge in [0.15, 0.2) is 11.5 Å². The standard InChI is InChI=1S/C19H24O3/c1-14-6-9-18(19(12-14)20-4)22-11-5-10-21-17-8-7-15(2)16(3)13-17/h6-9,12-13H,5,10-11H2,1-4H3. The lowest BCUT2D eigenvalue weighted by Gasteiger charge is -2.12. The van der Waals surface area contributed by atoms with Crippen LogP contribution in [0.2, 0.25) is 0 Å². The van der Waals surface area contributed by atoms with E-state index in [0.29, 0.717) is 13.2 Å². The molecule has 3 heteroatoms. The van der Waals surface area contributed by atoms with Crippen LogP contribution in [-0.2, 0) is 0 Å². The van der Waals surface area contributed by atoms with Crippen LogP contribution in [0.4, 0.5) is 0 Å². The number of hydrogen-bond donors (Lipinski definition) is 0. The first-order valence-electron chi connectivity index (χ1n) is 7.57. The third kappa shape index (κ3) is 4.42. The van der Waals surface area contributed by atoms with Gasteiger partial charge in [0.2, 0.25) is 0 Å². The monoisotopic (exact) mass is 300 g/mol. The molecule has 0 spiro atoms. The van der Waals surface area contributed by atoms with Crippen molar-refractivity contribution in [2.24, 2.45) is 0 Å². The van der Waals surface area contributed by atoms with Crippen molar-refractivity contribution in [2.75, 3.05) is 20.3 Å². The van der Waals surface area contributed by atoms with Crippen molar-refractivity contribution in [2.45, 2.75) is 27.2 Å². The summed E-state index contributed by atoms with van der Waals surface area (Å²) in [5, 5.41) is 0. The largest absolute Gasteiger partial charge is 0.493 e. The molecule has 118 valence electrons. The van der Waals surface area contributed by atoms with Gasteiger partial charge in [0, 0.05) is 6.42 Å². The number of hydrogen-bond acceptors (Lipinski definition) is 3. The Morgan fingerprint density at radius 2 is 1.55 bits per heavy atom. The summed E-state index contributed by atoms with van der Waals surface area (Å²) in [6.07, 6.45) is 0.823. The van der Waals surface area contributed by atoms with Crippen LogP contribution < -0.4 is 14.2 Å². The van der Waals surface area contributed by atoms with Gasteiger partial charge in [-0.25, -0.2) is 0 Å². The summed E-state index contributed by atoms with van der Waals surface area (Å²) >= 11 is 0. The summed E-state index contributed by atoms with van der Waals surface area (Å²) in [6, 6.07) is 12.1. The number of benzene rings is 2. The lowest BCUT2D eigenvalue weighted by Crippen LogP contribution is -2.06. The van der Waals surface area contributed by atoms with Crippen molar-refractivity contribution < 1.29 is 14.2 Å². The quantitative estimate of drug-likeness (QED) is 0.706. The normalized spacial score (nSPS) is 10.4. The highest BCUT2D eigenvalue weighted by Crippen LogP contribution is 2.27. The van der Waals surface area contributed by atoms with Crippen molar-refractivity contribution >= 4 is 0 Å². The smallest absolute Gasteiger partial charge is 0.161 e. The second-order valence-electron chi connectivity index (χ2n) is 5.45. The SMILES string of the molecule is COc1cc(C)ccc1OCCCOc1ccc(C)c(C)c1. The molecule has 0 saturated heterocycles. The molecule has 0 heterocycles. The summed E-state index contributed by atoms with van der Waals surface area (Å²) in [7, 11) is 1.66. The molecule has 3 nitrogen and oxygen atoms in total. The van der Waals surface area contributed by atoms with Gasteiger partial charge in [-0.05, 0) is 61.7 Å². The minimum absolute atomic E-state index is 0.601. The van der Waals surface area contributed by atoms with Gasteiger partial charge in [-0.2, -0.15) is 0 Å². The van der Waals surface area contributed by atoms with Crippen LogP contribution in [0, 0.1) is 20.8 Å². The highest BCUT2D eigenvalue weighted by molar-refractivity contribution is 5.42. The van der Waals surface area contributed by atoms with Crippen LogP contribution >= 0.6 is 0 Å². The first kappa shape index (κ1) is 16.2. The Bertz CT molecular complexity index is 620. The van der Waals surface area contributed by atoms with Gasteiger partial charge in [0.1, 0.15) is 5.75 Å². The van der Waals surface area contributed by atoms with E-state index in [-0.39, 0.29) is 0 Å². The third-order valence-electron chi connectivity index (χ3n) is 3.61. The first-order valence-corrected chi connectivity index (χ1v) is 7.57. The van der Waals surface area contributed by atoms with Crippen LogP contribution in [0.1, 0.15) is 23.1 Å². The first-order chi connectivity index (χ1) is 10.6. The van der Waals surface area contributed by atoms with Crippen LogP contribution in [-0.4, -0.2) is 20.3 Å². The fourth-order valence-electron chi connectivity index (χ4n) is 2.13. The van der Waals surface area contributed by atoms with Crippen molar-refractivity contribution in [3.05, 3.63) is 53.1 Å². The van der Waals surface area contributed by atoms with E-state index in [1.54, 1.807) is 7.11 Å². The van der Waals surface area contributed by atoms with E-state index in [4.69, 9.17) is 14.2 Å². The molecule has 0 aliphatic rings. The molecule has 0 radical (unpaired) electrons. The minimum Gasteiger partial charge on any atom is -0.493 e.